The molecule has 13 heteroatoms. The van der Waals surface area contributed by atoms with E-state index in [4.69, 9.17) is 5.10 Å². The summed E-state index contributed by atoms with van der Waals surface area (Å²) >= 11 is 1.45. The minimum atomic E-state index is -4.38. The van der Waals surface area contributed by atoms with Crippen LogP contribution in [0.2, 0.25) is 0 Å². The van der Waals surface area contributed by atoms with E-state index in [0.717, 1.165) is 90.6 Å². The quantitative estimate of drug-likeness (QED) is 0.0786. The third kappa shape index (κ3) is 8.16. The first-order valence-corrected chi connectivity index (χ1v) is 18.8. The van der Waals surface area contributed by atoms with Crippen LogP contribution in [0, 0.1) is 5.82 Å². The van der Waals surface area contributed by atoms with Crippen LogP contribution < -0.4 is 10.9 Å². The molecule has 2 aliphatic rings. The van der Waals surface area contributed by atoms with Gasteiger partial charge in [0.2, 0.25) is 0 Å². The first-order chi connectivity index (χ1) is 25.2. The molecule has 1 N–H and O–H groups in total. The van der Waals surface area contributed by atoms with Crippen molar-refractivity contribution in [1.82, 2.24) is 34.5 Å². The molecule has 3 aromatic carbocycles. The molecule has 1 fully saturated rings. The molecule has 52 heavy (non-hydrogen) atoms. The molecule has 0 radical (unpaired) electrons. The molecule has 7 rings (SSSR count). The summed E-state index contributed by atoms with van der Waals surface area (Å²) in [6.45, 7) is 6.55. The highest BCUT2D eigenvalue weighted by molar-refractivity contribution is 7.98. The van der Waals surface area contributed by atoms with Crippen LogP contribution in [0.15, 0.2) is 82.7 Å². The summed E-state index contributed by atoms with van der Waals surface area (Å²) in [6, 6.07) is 19.8. The van der Waals surface area contributed by atoms with Crippen LogP contribution in [-0.4, -0.2) is 54.9 Å². The van der Waals surface area contributed by atoms with Crippen LogP contribution in [0.4, 0.5) is 17.6 Å². The molecule has 0 bridgehead atoms. The maximum absolute atomic E-state index is 13.6. The molecule has 1 saturated heterocycles. The molecule has 5 aromatic rings. The number of alkyl halides is 3. The van der Waals surface area contributed by atoms with Gasteiger partial charge in [0.05, 0.1) is 25.2 Å². The van der Waals surface area contributed by atoms with Gasteiger partial charge in [0.15, 0.2) is 11.0 Å². The number of nitrogens with zero attached hydrogens (tertiary/aromatic N) is 6. The monoisotopic (exact) mass is 731 g/mol. The average Bonchev–Trinajstić information content (AvgIpc) is 3.91. The van der Waals surface area contributed by atoms with Gasteiger partial charge < -0.3 is 14.5 Å². The Morgan fingerprint density at radius 1 is 0.846 bits per heavy atom. The van der Waals surface area contributed by atoms with E-state index < -0.39 is 11.7 Å². The van der Waals surface area contributed by atoms with E-state index in [2.05, 4.69) is 36.4 Å². The zero-order chi connectivity index (χ0) is 36.2. The fraction of sp³-hybridized carbons (Fsp3) is 0.385. The smallest absolute Gasteiger partial charge is 0.316 e. The highest BCUT2D eigenvalue weighted by Crippen LogP contribution is 2.32. The van der Waals surface area contributed by atoms with Crippen molar-refractivity contribution in [1.29, 1.82) is 0 Å². The second-order valence-electron chi connectivity index (χ2n) is 13.4. The first kappa shape index (κ1) is 36.0. The summed E-state index contributed by atoms with van der Waals surface area (Å²) in [5, 5.41) is 13.6. The average molecular weight is 732 g/mol. The molecule has 272 valence electrons. The number of rotatable bonds is 13. The van der Waals surface area contributed by atoms with E-state index in [1.165, 1.54) is 42.4 Å². The third-order valence-electron chi connectivity index (χ3n) is 10.1. The van der Waals surface area contributed by atoms with Crippen LogP contribution >= 0.6 is 11.8 Å². The number of likely N-dealkylation sites (tertiary alicyclic amines) is 1. The van der Waals surface area contributed by atoms with Gasteiger partial charge >= 0.3 is 6.18 Å². The largest absolute Gasteiger partial charge is 0.416 e. The van der Waals surface area contributed by atoms with Gasteiger partial charge in [0, 0.05) is 29.6 Å². The maximum Gasteiger partial charge on any atom is 0.416 e. The van der Waals surface area contributed by atoms with Gasteiger partial charge in [0.1, 0.15) is 11.6 Å². The predicted molar refractivity (Wildman–Crippen MR) is 194 cm³/mol. The standard InChI is InChI=1S/C39H41F4N7OS/c1-2-48-20-4-5-32(48)21-44-22-35-46-47-36(50(35)23-26-8-12-28(13-9-26)29-14-16-30(17-15-29)39(41,42)43)24-49-34-7-3-6-33(34)37(51)45-38(49)52-25-27-10-18-31(40)19-11-27/h8-19,32,44H,2-7,20-25H2,1H3/t32-/m0/s1. The van der Waals surface area contributed by atoms with E-state index >= 15 is 0 Å². The van der Waals surface area contributed by atoms with Crippen LogP contribution in [0.3, 0.4) is 0 Å². The van der Waals surface area contributed by atoms with Crippen molar-refractivity contribution in [3.63, 3.8) is 0 Å². The summed E-state index contributed by atoms with van der Waals surface area (Å²) in [5.74, 6) is 1.73. The van der Waals surface area contributed by atoms with Crippen molar-refractivity contribution in [2.75, 3.05) is 19.6 Å². The Morgan fingerprint density at radius 2 is 1.54 bits per heavy atom. The lowest BCUT2D eigenvalue weighted by atomic mass is 10.0. The van der Waals surface area contributed by atoms with Crippen molar-refractivity contribution >= 4 is 11.8 Å². The topological polar surface area (TPSA) is 80.9 Å². The number of fused-ring (bicyclic) bond motifs is 1. The third-order valence-corrected chi connectivity index (χ3v) is 11.1. The van der Waals surface area contributed by atoms with Gasteiger partial charge in [-0.05, 0) is 91.7 Å². The van der Waals surface area contributed by atoms with Crippen molar-refractivity contribution in [3.8, 4) is 11.1 Å². The number of halogens is 4. The minimum absolute atomic E-state index is 0.196. The number of aromatic nitrogens is 5. The Balaban J connectivity index is 1.17. The Bertz CT molecular complexity index is 2040. The van der Waals surface area contributed by atoms with Crippen LogP contribution in [0.5, 0.6) is 0 Å². The van der Waals surface area contributed by atoms with Crippen LogP contribution in [0.1, 0.15) is 65.8 Å². The van der Waals surface area contributed by atoms with Gasteiger partial charge in [-0.25, -0.2) is 4.39 Å². The number of thioether (sulfide) groups is 1. The molecule has 1 atom stereocenters. The second kappa shape index (κ2) is 15.7. The van der Waals surface area contributed by atoms with Gasteiger partial charge in [-0.15, -0.1) is 10.2 Å². The van der Waals surface area contributed by atoms with Gasteiger partial charge in [-0.3, -0.25) is 9.69 Å². The molecule has 0 saturated carbocycles. The lowest BCUT2D eigenvalue weighted by molar-refractivity contribution is -0.137. The lowest BCUT2D eigenvalue weighted by Gasteiger charge is -2.23. The number of benzene rings is 3. The molecule has 1 aliphatic carbocycles. The maximum atomic E-state index is 13.6. The first-order valence-electron chi connectivity index (χ1n) is 17.8. The molecular formula is C39H41F4N7OS. The molecule has 0 unspecified atom stereocenters. The molecule has 0 amide bonds. The van der Waals surface area contributed by atoms with Crippen molar-refractivity contribution in [3.05, 3.63) is 129 Å². The zero-order valence-corrected chi connectivity index (χ0v) is 29.8. The van der Waals surface area contributed by atoms with Crippen molar-refractivity contribution in [2.24, 2.45) is 0 Å². The van der Waals surface area contributed by atoms with E-state index in [0.29, 0.717) is 48.6 Å². The Labute approximate surface area is 304 Å². The fourth-order valence-electron chi connectivity index (χ4n) is 7.26. The number of likely N-dealkylation sites (N-methyl/N-ethyl adjacent to an activating group) is 1. The number of hydrogen-bond donors (Lipinski definition) is 1. The normalized spacial score (nSPS) is 16.1. The summed E-state index contributed by atoms with van der Waals surface area (Å²) < 4.78 is 57.1. The Morgan fingerprint density at radius 3 is 2.25 bits per heavy atom. The van der Waals surface area contributed by atoms with Crippen LogP contribution in [-0.2, 0) is 44.4 Å². The SMILES string of the molecule is CCN1CCC[C@H]1CNCc1nnc(Cn2c(SCc3ccc(F)cc3)nc(=O)c3c2CCC3)n1Cc1ccc(-c2ccc(C(F)(F)F)cc2)cc1. The zero-order valence-electron chi connectivity index (χ0n) is 29.0. The molecule has 1 aliphatic heterocycles. The van der Waals surface area contributed by atoms with Crippen LogP contribution in [0.25, 0.3) is 11.1 Å². The van der Waals surface area contributed by atoms with Gasteiger partial charge in [0.25, 0.3) is 5.56 Å². The summed E-state index contributed by atoms with van der Waals surface area (Å²) in [5.41, 5.74) is 4.27. The van der Waals surface area contributed by atoms with E-state index in [1.807, 2.05) is 24.3 Å². The predicted octanol–water partition coefficient (Wildman–Crippen LogP) is 7.11. The lowest BCUT2D eigenvalue weighted by Crippen LogP contribution is -2.37. The number of nitrogens with one attached hydrogen (secondary N) is 1. The highest BCUT2D eigenvalue weighted by Gasteiger charge is 2.30. The fourth-order valence-corrected chi connectivity index (χ4v) is 8.23. The molecule has 0 spiro atoms. The summed E-state index contributed by atoms with van der Waals surface area (Å²) in [6.07, 6.45) is 0.301. The van der Waals surface area contributed by atoms with Gasteiger partial charge in [-0.2, -0.15) is 18.2 Å². The van der Waals surface area contributed by atoms with Crippen molar-refractivity contribution in [2.45, 2.75) is 81.8 Å². The van der Waals surface area contributed by atoms with E-state index in [-0.39, 0.29) is 11.4 Å². The molecule has 8 nitrogen and oxygen atoms in total. The van der Waals surface area contributed by atoms with Crippen molar-refractivity contribution < 1.29 is 17.6 Å². The van der Waals surface area contributed by atoms with E-state index in [1.54, 1.807) is 12.1 Å². The number of hydrogen-bond acceptors (Lipinski definition) is 7. The Kier molecular flexibility index (Phi) is 10.9. The Hall–Kier alpha value is -4.33. The highest BCUT2D eigenvalue weighted by atomic mass is 32.2. The summed E-state index contributed by atoms with van der Waals surface area (Å²) in [4.78, 5) is 20.1. The minimum Gasteiger partial charge on any atom is -0.316 e. The molecule has 3 heterocycles. The summed E-state index contributed by atoms with van der Waals surface area (Å²) in [7, 11) is 0. The molecular weight excluding hydrogens is 691 g/mol. The molecule has 2 aromatic heterocycles. The second-order valence-corrected chi connectivity index (χ2v) is 14.4. The van der Waals surface area contributed by atoms with E-state index in [9.17, 15) is 22.4 Å². The van der Waals surface area contributed by atoms with Gasteiger partial charge in [-0.1, -0.05) is 67.2 Å².